The number of rotatable bonds is 3. The summed E-state index contributed by atoms with van der Waals surface area (Å²) >= 11 is 5.79. The fourth-order valence-electron chi connectivity index (χ4n) is 1.11. The number of carbonyl (C=O) groups is 1. The highest BCUT2D eigenvalue weighted by atomic mass is 35.5. The quantitative estimate of drug-likeness (QED) is 0.467. The van der Waals surface area contributed by atoms with Crippen molar-refractivity contribution < 1.29 is 9.53 Å². The number of amides is 1. The van der Waals surface area contributed by atoms with Crippen molar-refractivity contribution in [3.05, 3.63) is 28.8 Å². The molecular formula is C10H13ClN2O2. The molecule has 0 heterocycles. The molecule has 1 aromatic carbocycles. The Morgan fingerprint density at radius 2 is 2.27 bits per heavy atom. The summed E-state index contributed by atoms with van der Waals surface area (Å²) in [6.07, 6.45) is -0.630. The number of aryl methyl sites for hydroxylation is 1. The predicted molar refractivity (Wildman–Crippen MR) is 58.6 cm³/mol. The molecule has 0 bridgehead atoms. The molecule has 0 aliphatic carbocycles. The maximum atomic E-state index is 11.1. The van der Waals surface area contributed by atoms with Crippen molar-refractivity contribution in [3.8, 4) is 5.75 Å². The van der Waals surface area contributed by atoms with E-state index in [2.05, 4.69) is 0 Å². The first-order chi connectivity index (χ1) is 7.04. The van der Waals surface area contributed by atoms with Crippen LogP contribution < -0.4 is 16.0 Å². The van der Waals surface area contributed by atoms with Crippen molar-refractivity contribution in [1.82, 2.24) is 5.43 Å². The molecule has 1 amide bonds. The Hall–Kier alpha value is -1.26. The molecule has 0 spiro atoms. The molecule has 0 aliphatic heterocycles. The van der Waals surface area contributed by atoms with Crippen LogP contribution in [0.1, 0.15) is 12.5 Å². The first-order valence-corrected chi connectivity index (χ1v) is 4.85. The van der Waals surface area contributed by atoms with Gasteiger partial charge in [-0.15, -0.1) is 0 Å². The van der Waals surface area contributed by atoms with E-state index in [-0.39, 0.29) is 5.91 Å². The van der Waals surface area contributed by atoms with Crippen LogP contribution in [-0.2, 0) is 4.79 Å². The van der Waals surface area contributed by atoms with Crippen molar-refractivity contribution in [1.29, 1.82) is 0 Å². The summed E-state index contributed by atoms with van der Waals surface area (Å²) in [6, 6.07) is 5.19. The number of carbonyl (C=O) groups excluding carboxylic acids is 1. The van der Waals surface area contributed by atoms with Crippen molar-refractivity contribution in [3.63, 3.8) is 0 Å². The molecule has 0 aromatic heterocycles. The van der Waals surface area contributed by atoms with Crippen LogP contribution in [0.2, 0.25) is 5.02 Å². The SMILES string of the molecule is Cc1cc(Cl)ccc1O[C@@H](C)C(=O)NN. The lowest BCUT2D eigenvalue weighted by Crippen LogP contribution is -2.40. The zero-order valence-corrected chi connectivity index (χ0v) is 9.34. The summed E-state index contributed by atoms with van der Waals surface area (Å²) in [5.74, 6) is 5.24. The lowest BCUT2D eigenvalue weighted by molar-refractivity contribution is -0.127. The van der Waals surface area contributed by atoms with Crippen LogP contribution in [0.25, 0.3) is 0 Å². The minimum Gasteiger partial charge on any atom is -0.481 e. The fourth-order valence-corrected chi connectivity index (χ4v) is 1.33. The molecule has 0 saturated carbocycles. The monoisotopic (exact) mass is 228 g/mol. The third-order valence-electron chi connectivity index (χ3n) is 1.95. The zero-order chi connectivity index (χ0) is 11.4. The molecular weight excluding hydrogens is 216 g/mol. The smallest absolute Gasteiger partial charge is 0.274 e. The van der Waals surface area contributed by atoms with E-state index in [1.165, 1.54) is 0 Å². The molecule has 5 heteroatoms. The van der Waals surface area contributed by atoms with Crippen LogP contribution >= 0.6 is 11.6 Å². The van der Waals surface area contributed by atoms with E-state index in [1.807, 2.05) is 12.3 Å². The maximum Gasteiger partial charge on any atom is 0.274 e. The third-order valence-corrected chi connectivity index (χ3v) is 2.19. The largest absolute Gasteiger partial charge is 0.481 e. The van der Waals surface area contributed by atoms with E-state index in [0.717, 1.165) is 5.56 Å². The molecule has 82 valence electrons. The average Bonchev–Trinajstić information content (AvgIpc) is 2.20. The van der Waals surface area contributed by atoms with Crippen LogP contribution in [0, 0.1) is 6.92 Å². The van der Waals surface area contributed by atoms with Gasteiger partial charge in [0.25, 0.3) is 5.91 Å². The first-order valence-electron chi connectivity index (χ1n) is 4.48. The molecule has 0 saturated heterocycles. The molecule has 1 atom stereocenters. The Morgan fingerprint density at radius 1 is 1.60 bits per heavy atom. The van der Waals surface area contributed by atoms with E-state index in [0.29, 0.717) is 10.8 Å². The number of benzene rings is 1. The standard InChI is InChI=1S/C10H13ClN2O2/c1-6-5-8(11)3-4-9(6)15-7(2)10(14)13-12/h3-5,7H,12H2,1-2H3,(H,13,14)/t7-/m0/s1. The molecule has 15 heavy (non-hydrogen) atoms. The summed E-state index contributed by atoms with van der Waals surface area (Å²) < 4.78 is 5.40. The van der Waals surface area contributed by atoms with Crippen LogP contribution in [0.15, 0.2) is 18.2 Å². The van der Waals surface area contributed by atoms with Crippen molar-refractivity contribution in [2.24, 2.45) is 5.84 Å². The number of hydrogen-bond acceptors (Lipinski definition) is 3. The maximum absolute atomic E-state index is 11.1. The topological polar surface area (TPSA) is 64.3 Å². The van der Waals surface area contributed by atoms with E-state index >= 15 is 0 Å². The minimum absolute atomic E-state index is 0.371. The minimum atomic E-state index is -0.630. The summed E-state index contributed by atoms with van der Waals surface area (Å²) in [5.41, 5.74) is 2.90. The van der Waals surface area contributed by atoms with Crippen LogP contribution in [0.4, 0.5) is 0 Å². The van der Waals surface area contributed by atoms with Gasteiger partial charge >= 0.3 is 0 Å². The van der Waals surface area contributed by atoms with Crippen molar-refractivity contribution >= 4 is 17.5 Å². The van der Waals surface area contributed by atoms with Crippen LogP contribution in [0.5, 0.6) is 5.75 Å². The van der Waals surface area contributed by atoms with Gasteiger partial charge in [-0.3, -0.25) is 10.2 Å². The summed E-state index contributed by atoms with van der Waals surface area (Å²) in [5, 5.41) is 0.635. The lowest BCUT2D eigenvalue weighted by Gasteiger charge is -2.14. The molecule has 1 rings (SSSR count). The second kappa shape index (κ2) is 5.00. The Labute approximate surface area is 93.3 Å². The zero-order valence-electron chi connectivity index (χ0n) is 8.58. The Balaban J connectivity index is 2.76. The normalized spacial score (nSPS) is 12.0. The number of nitrogens with one attached hydrogen (secondary N) is 1. The third kappa shape index (κ3) is 3.11. The van der Waals surface area contributed by atoms with E-state index in [4.69, 9.17) is 22.2 Å². The molecule has 3 N–H and O–H groups in total. The van der Waals surface area contributed by atoms with Crippen molar-refractivity contribution in [2.75, 3.05) is 0 Å². The van der Waals surface area contributed by atoms with Gasteiger partial charge in [-0.2, -0.15) is 0 Å². The van der Waals surface area contributed by atoms with E-state index in [1.54, 1.807) is 25.1 Å². The highest BCUT2D eigenvalue weighted by Crippen LogP contribution is 2.22. The highest BCUT2D eigenvalue weighted by Gasteiger charge is 2.13. The first kappa shape index (κ1) is 11.8. The number of ether oxygens (including phenoxy) is 1. The number of halogens is 1. The summed E-state index contributed by atoms with van der Waals surface area (Å²) in [4.78, 5) is 11.1. The van der Waals surface area contributed by atoms with Gasteiger partial charge in [0, 0.05) is 5.02 Å². The second-order valence-corrected chi connectivity index (χ2v) is 3.61. The van der Waals surface area contributed by atoms with Crippen LogP contribution in [0.3, 0.4) is 0 Å². The van der Waals surface area contributed by atoms with Gasteiger partial charge in [-0.1, -0.05) is 11.6 Å². The molecule has 0 unspecified atom stereocenters. The van der Waals surface area contributed by atoms with Gasteiger partial charge in [0.15, 0.2) is 6.10 Å². The molecule has 1 aromatic rings. The summed E-state index contributed by atoms with van der Waals surface area (Å²) in [6.45, 7) is 3.48. The van der Waals surface area contributed by atoms with Gasteiger partial charge < -0.3 is 4.74 Å². The Kier molecular flexibility index (Phi) is 3.94. The predicted octanol–water partition coefficient (Wildman–Crippen LogP) is 1.41. The van der Waals surface area contributed by atoms with Gasteiger partial charge in [0.05, 0.1) is 0 Å². The lowest BCUT2D eigenvalue weighted by atomic mass is 10.2. The van der Waals surface area contributed by atoms with Gasteiger partial charge in [-0.05, 0) is 37.6 Å². The van der Waals surface area contributed by atoms with Crippen molar-refractivity contribution in [2.45, 2.75) is 20.0 Å². The Bertz CT molecular complexity index is 368. The molecule has 0 radical (unpaired) electrons. The second-order valence-electron chi connectivity index (χ2n) is 3.18. The van der Waals surface area contributed by atoms with Gasteiger partial charge in [0.1, 0.15) is 5.75 Å². The summed E-state index contributed by atoms with van der Waals surface area (Å²) in [7, 11) is 0. The van der Waals surface area contributed by atoms with Gasteiger partial charge in [0.2, 0.25) is 0 Å². The van der Waals surface area contributed by atoms with Crippen LogP contribution in [-0.4, -0.2) is 12.0 Å². The molecule has 4 nitrogen and oxygen atoms in total. The van der Waals surface area contributed by atoms with E-state index in [9.17, 15) is 4.79 Å². The van der Waals surface area contributed by atoms with Gasteiger partial charge in [-0.25, -0.2) is 5.84 Å². The molecule has 0 aliphatic rings. The molecule has 0 fully saturated rings. The van der Waals surface area contributed by atoms with E-state index < -0.39 is 6.10 Å². The number of hydrazine groups is 1. The number of nitrogens with two attached hydrogens (primary N) is 1. The highest BCUT2D eigenvalue weighted by molar-refractivity contribution is 6.30. The Morgan fingerprint density at radius 3 is 2.80 bits per heavy atom. The fraction of sp³-hybridized carbons (Fsp3) is 0.300. The number of hydrogen-bond donors (Lipinski definition) is 2. The average molecular weight is 229 g/mol.